The minimum absolute atomic E-state index is 0.272. The molecule has 1 atom stereocenters. The standard InChI is InChI=1S/C14H23NOS2/c1-2-11-17-14-6-5-13(18-14)12(16)7-10-15-8-3-4-9-15/h5-6,12,16H,2-4,7-11H2,1H3. The van der Waals surface area contributed by atoms with Gasteiger partial charge in [-0.2, -0.15) is 0 Å². The van der Waals surface area contributed by atoms with Crippen LogP contribution in [0.25, 0.3) is 0 Å². The van der Waals surface area contributed by atoms with Gasteiger partial charge in [-0.15, -0.1) is 23.1 Å². The quantitative estimate of drug-likeness (QED) is 0.771. The molecular formula is C14H23NOS2. The Kier molecular flexibility index (Phi) is 6.02. The summed E-state index contributed by atoms with van der Waals surface area (Å²) in [5.74, 6) is 1.17. The lowest BCUT2D eigenvalue weighted by molar-refractivity contribution is 0.152. The fourth-order valence-electron chi connectivity index (χ4n) is 2.25. The molecule has 2 rings (SSSR count). The first-order valence-electron chi connectivity index (χ1n) is 6.92. The van der Waals surface area contributed by atoms with Gasteiger partial charge in [0.15, 0.2) is 0 Å². The number of thiophene rings is 1. The van der Waals surface area contributed by atoms with Crippen LogP contribution < -0.4 is 0 Å². The van der Waals surface area contributed by atoms with Crippen LogP contribution in [-0.4, -0.2) is 35.4 Å². The number of aliphatic hydroxyl groups excluding tert-OH is 1. The van der Waals surface area contributed by atoms with Crippen molar-refractivity contribution in [3.8, 4) is 0 Å². The van der Waals surface area contributed by atoms with Crippen molar-refractivity contribution in [2.24, 2.45) is 0 Å². The molecule has 0 aliphatic carbocycles. The Hall–Kier alpha value is -0.0300. The molecule has 1 aromatic heterocycles. The Balaban J connectivity index is 1.76. The first-order valence-corrected chi connectivity index (χ1v) is 8.72. The third kappa shape index (κ3) is 4.26. The minimum atomic E-state index is -0.272. The molecule has 0 saturated carbocycles. The van der Waals surface area contributed by atoms with Gasteiger partial charge in [-0.3, -0.25) is 0 Å². The Morgan fingerprint density at radius 3 is 2.89 bits per heavy atom. The predicted molar refractivity (Wildman–Crippen MR) is 80.6 cm³/mol. The van der Waals surface area contributed by atoms with E-state index in [1.54, 1.807) is 11.3 Å². The Labute approximate surface area is 118 Å². The Morgan fingerprint density at radius 1 is 1.39 bits per heavy atom. The van der Waals surface area contributed by atoms with Crippen molar-refractivity contribution in [1.82, 2.24) is 4.90 Å². The molecule has 2 nitrogen and oxygen atoms in total. The molecule has 1 fully saturated rings. The van der Waals surface area contributed by atoms with Crippen molar-refractivity contribution in [2.75, 3.05) is 25.4 Å². The molecule has 0 aromatic carbocycles. The monoisotopic (exact) mass is 285 g/mol. The van der Waals surface area contributed by atoms with E-state index < -0.39 is 0 Å². The summed E-state index contributed by atoms with van der Waals surface area (Å²) in [7, 11) is 0. The zero-order valence-corrected chi connectivity index (χ0v) is 12.7. The number of thioether (sulfide) groups is 1. The van der Waals surface area contributed by atoms with Gasteiger partial charge in [0.25, 0.3) is 0 Å². The molecule has 0 amide bonds. The van der Waals surface area contributed by atoms with Crippen LogP contribution in [0.4, 0.5) is 0 Å². The normalized spacial score (nSPS) is 18.3. The molecule has 18 heavy (non-hydrogen) atoms. The average Bonchev–Trinajstić information content (AvgIpc) is 3.04. The van der Waals surface area contributed by atoms with Crippen LogP contribution in [0.1, 0.15) is 43.6 Å². The second kappa shape index (κ2) is 7.53. The number of hydrogen-bond donors (Lipinski definition) is 1. The molecule has 2 heterocycles. The number of rotatable bonds is 7. The van der Waals surface area contributed by atoms with E-state index >= 15 is 0 Å². The van der Waals surface area contributed by atoms with E-state index in [0.717, 1.165) is 17.8 Å². The Bertz CT molecular complexity index is 347. The van der Waals surface area contributed by atoms with Crippen LogP contribution in [0.5, 0.6) is 0 Å². The highest BCUT2D eigenvalue weighted by molar-refractivity contribution is 8.01. The van der Waals surface area contributed by atoms with Gasteiger partial charge in [-0.1, -0.05) is 6.92 Å². The van der Waals surface area contributed by atoms with Gasteiger partial charge in [-0.05, 0) is 56.7 Å². The zero-order valence-electron chi connectivity index (χ0n) is 11.1. The van der Waals surface area contributed by atoms with Crippen molar-refractivity contribution < 1.29 is 5.11 Å². The molecule has 1 unspecified atom stereocenters. The average molecular weight is 285 g/mol. The predicted octanol–water partition coefficient (Wildman–Crippen LogP) is 3.77. The largest absolute Gasteiger partial charge is 0.388 e. The molecule has 4 heteroatoms. The fraction of sp³-hybridized carbons (Fsp3) is 0.714. The Morgan fingerprint density at radius 2 is 2.17 bits per heavy atom. The highest BCUT2D eigenvalue weighted by Gasteiger charge is 2.15. The van der Waals surface area contributed by atoms with E-state index in [1.807, 2.05) is 11.8 Å². The van der Waals surface area contributed by atoms with Crippen molar-refractivity contribution in [3.63, 3.8) is 0 Å². The van der Waals surface area contributed by atoms with Crippen molar-refractivity contribution in [2.45, 2.75) is 42.9 Å². The molecule has 1 aliphatic rings. The second-order valence-corrected chi connectivity index (χ2v) is 7.37. The summed E-state index contributed by atoms with van der Waals surface area (Å²) in [5, 5.41) is 10.2. The molecule has 1 N–H and O–H groups in total. The first kappa shape index (κ1) is 14.4. The lowest BCUT2D eigenvalue weighted by atomic mass is 10.2. The maximum absolute atomic E-state index is 10.2. The lowest BCUT2D eigenvalue weighted by Gasteiger charge is -2.16. The molecule has 1 saturated heterocycles. The highest BCUT2D eigenvalue weighted by Crippen LogP contribution is 2.32. The maximum atomic E-state index is 10.2. The van der Waals surface area contributed by atoms with Crippen LogP contribution in [0.15, 0.2) is 16.3 Å². The molecule has 1 aromatic rings. The number of nitrogens with zero attached hydrogens (tertiary/aromatic N) is 1. The lowest BCUT2D eigenvalue weighted by Crippen LogP contribution is -2.21. The van der Waals surface area contributed by atoms with Crippen LogP contribution >= 0.6 is 23.1 Å². The van der Waals surface area contributed by atoms with Crippen LogP contribution in [-0.2, 0) is 0 Å². The highest BCUT2D eigenvalue weighted by atomic mass is 32.2. The van der Waals surface area contributed by atoms with E-state index in [9.17, 15) is 5.11 Å². The van der Waals surface area contributed by atoms with Gasteiger partial charge in [0.1, 0.15) is 0 Å². The number of aliphatic hydroxyl groups is 1. The van der Waals surface area contributed by atoms with E-state index in [2.05, 4.69) is 24.0 Å². The topological polar surface area (TPSA) is 23.5 Å². The fourth-order valence-corrected chi connectivity index (χ4v) is 4.35. The smallest absolute Gasteiger partial charge is 0.0894 e. The van der Waals surface area contributed by atoms with Gasteiger partial charge in [-0.25, -0.2) is 0 Å². The van der Waals surface area contributed by atoms with Crippen LogP contribution in [0.2, 0.25) is 0 Å². The molecule has 102 valence electrons. The summed E-state index contributed by atoms with van der Waals surface area (Å²) in [6.07, 6.45) is 4.46. The summed E-state index contributed by atoms with van der Waals surface area (Å²) in [4.78, 5) is 3.59. The summed E-state index contributed by atoms with van der Waals surface area (Å²) in [6, 6.07) is 4.25. The third-order valence-corrected chi connectivity index (χ3v) is 5.91. The number of hydrogen-bond acceptors (Lipinski definition) is 4. The van der Waals surface area contributed by atoms with E-state index in [1.165, 1.54) is 42.3 Å². The molecule has 0 spiro atoms. The minimum Gasteiger partial charge on any atom is -0.388 e. The van der Waals surface area contributed by atoms with Crippen LogP contribution in [0.3, 0.4) is 0 Å². The molecule has 0 radical (unpaired) electrons. The molecule has 0 bridgehead atoms. The van der Waals surface area contributed by atoms with Crippen molar-refractivity contribution >= 4 is 23.1 Å². The summed E-state index contributed by atoms with van der Waals surface area (Å²) in [6.45, 7) is 5.67. The first-order chi connectivity index (χ1) is 8.79. The maximum Gasteiger partial charge on any atom is 0.0894 e. The van der Waals surface area contributed by atoms with Crippen molar-refractivity contribution in [3.05, 3.63) is 17.0 Å². The van der Waals surface area contributed by atoms with Gasteiger partial charge in [0, 0.05) is 11.4 Å². The van der Waals surface area contributed by atoms with E-state index in [-0.39, 0.29) is 6.10 Å². The van der Waals surface area contributed by atoms with Crippen molar-refractivity contribution in [1.29, 1.82) is 0 Å². The second-order valence-electron chi connectivity index (χ2n) is 4.86. The summed E-state index contributed by atoms with van der Waals surface area (Å²) < 4.78 is 1.34. The SMILES string of the molecule is CCCSc1ccc(C(O)CCN2CCCC2)s1. The molecular weight excluding hydrogens is 262 g/mol. The summed E-state index contributed by atoms with van der Waals surface area (Å²) in [5.41, 5.74) is 0. The van der Waals surface area contributed by atoms with Gasteiger partial charge in [0.2, 0.25) is 0 Å². The van der Waals surface area contributed by atoms with Crippen LogP contribution in [0, 0.1) is 0 Å². The number of likely N-dealkylation sites (tertiary alicyclic amines) is 1. The summed E-state index contributed by atoms with van der Waals surface area (Å²) >= 11 is 3.66. The van der Waals surface area contributed by atoms with E-state index in [4.69, 9.17) is 0 Å². The van der Waals surface area contributed by atoms with Gasteiger partial charge >= 0.3 is 0 Å². The molecule has 1 aliphatic heterocycles. The van der Waals surface area contributed by atoms with Gasteiger partial charge in [0.05, 0.1) is 10.3 Å². The van der Waals surface area contributed by atoms with E-state index in [0.29, 0.717) is 0 Å². The third-order valence-electron chi connectivity index (χ3n) is 3.30. The zero-order chi connectivity index (χ0) is 12.8. The van der Waals surface area contributed by atoms with Gasteiger partial charge < -0.3 is 10.0 Å².